The fourth-order valence-electron chi connectivity index (χ4n) is 3.42. The van der Waals surface area contributed by atoms with Crippen LogP contribution in [0.25, 0.3) is 10.9 Å². The fraction of sp³-hybridized carbons (Fsp3) is 0.200. The van der Waals surface area contributed by atoms with Gasteiger partial charge in [0.15, 0.2) is 11.5 Å². The van der Waals surface area contributed by atoms with E-state index in [1.165, 1.54) is 11.6 Å². The van der Waals surface area contributed by atoms with Gasteiger partial charge < -0.3 is 24.0 Å². The molecule has 150 valence electrons. The summed E-state index contributed by atoms with van der Waals surface area (Å²) in [5, 5.41) is 11.0. The third-order valence-electron chi connectivity index (χ3n) is 4.85. The van der Waals surface area contributed by atoms with Crippen molar-refractivity contribution < 1.29 is 28.2 Å². The highest BCUT2D eigenvalue weighted by molar-refractivity contribution is 6.11. The highest BCUT2D eigenvalue weighted by Gasteiger charge is 2.30. The molecule has 4 rings (SSSR count). The van der Waals surface area contributed by atoms with Crippen molar-refractivity contribution in [2.24, 2.45) is 7.05 Å². The molecule has 7 nitrogen and oxygen atoms in total. The van der Waals surface area contributed by atoms with Gasteiger partial charge >= 0.3 is 0 Å². The number of pyridine rings is 1. The fourth-order valence-corrected chi connectivity index (χ4v) is 3.42. The number of rotatable bonds is 3. The van der Waals surface area contributed by atoms with Crippen molar-refractivity contribution in [3.63, 3.8) is 0 Å². The summed E-state index contributed by atoms with van der Waals surface area (Å²) < 4.78 is 39.4. The van der Waals surface area contributed by atoms with Crippen LogP contribution in [0.4, 0.5) is 14.5 Å². The van der Waals surface area contributed by atoms with Gasteiger partial charge in [0.1, 0.15) is 22.9 Å². The second-order valence-electron chi connectivity index (χ2n) is 6.43. The zero-order chi connectivity index (χ0) is 20.9. The van der Waals surface area contributed by atoms with Gasteiger partial charge in [0, 0.05) is 19.7 Å². The number of hydrogen-bond donors (Lipinski definition) is 1. The molecular weight excluding hydrogens is 386 g/mol. The molecule has 1 aliphatic rings. The first-order valence-corrected chi connectivity index (χ1v) is 8.76. The molecule has 2 heterocycles. The number of amides is 1. The van der Waals surface area contributed by atoms with Crippen molar-refractivity contribution in [2.45, 2.75) is 6.92 Å². The molecule has 0 radical (unpaired) electrons. The molecule has 1 aromatic heterocycles. The quantitative estimate of drug-likeness (QED) is 0.729. The zero-order valence-electron chi connectivity index (χ0n) is 15.5. The Balaban J connectivity index is 1.95. The van der Waals surface area contributed by atoms with Gasteiger partial charge in [0.25, 0.3) is 11.5 Å². The second-order valence-corrected chi connectivity index (χ2v) is 6.43. The Morgan fingerprint density at radius 1 is 1.24 bits per heavy atom. The Hall–Kier alpha value is -3.62. The molecule has 2 aromatic carbocycles. The van der Waals surface area contributed by atoms with Gasteiger partial charge in [0.05, 0.1) is 16.6 Å². The molecule has 1 aliphatic heterocycles. The molecular formula is C20H16F2N2O5. The molecule has 0 saturated carbocycles. The normalized spacial score (nSPS) is 12.4. The lowest BCUT2D eigenvalue weighted by molar-refractivity contribution is 0.0983. The van der Waals surface area contributed by atoms with Crippen molar-refractivity contribution in [1.29, 1.82) is 0 Å². The van der Waals surface area contributed by atoms with E-state index in [9.17, 15) is 23.5 Å². The number of carbonyl (C=O) groups excluding carboxylic acids is 1. The number of ether oxygens (including phenoxy) is 2. The van der Waals surface area contributed by atoms with Crippen LogP contribution in [0.5, 0.6) is 17.2 Å². The third kappa shape index (κ3) is 2.77. The summed E-state index contributed by atoms with van der Waals surface area (Å²) >= 11 is 0. The van der Waals surface area contributed by atoms with Crippen molar-refractivity contribution in [3.05, 3.63) is 57.9 Å². The maximum absolute atomic E-state index is 14.3. The third-order valence-corrected chi connectivity index (χ3v) is 4.85. The Labute approximate surface area is 163 Å². The molecule has 0 aliphatic carbocycles. The number of fused-ring (bicyclic) bond motifs is 3. The number of benzene rings is 2. The molecule has 1 N–H and O–H groups in total. The summed E-state index contributed by atoms with van der Waals surface area (Å²) in [7, 11) is 1.44. The van der Waals surface area contributed by atoms with Gasteiger partial charge in [-0.1, -0.05) is 0 Å². The molecule has 0 bridgehead atoms. The highest BCUT2D eigenvalue weighted by atomic mass is 19.1. The van der Waals surface area contributed by atoms with E-state index < -0.39 is 34.4 Å². The molecule has 3 aromatic rings. The van der Waals surface area contributed by atoms with E-state index in [0.717, 1.165) is 17.0 Å². The summed E-state index contributed by atoms with van der Waals surface area (Å²) in [4.78, 5) is 27.0. The van der Waals surface area contributed by atoms with E-state index in [2.05, 4.69) is 0 Å². The largest absolute Gasteiger partial charge is 0.506 e. The Kier molecular flexibility index (Phi) is 4.37. The number of nitrogens with zero attached hydrogens (tertiary/aromatic N) is 2. The number of carbonyl (C=O) groups is 1. The summed E-state index contributed by atoms with van der Waals surface area (Å²) in [6, 6.07) is 5.91. The smallest absolute Gasteiger partial charge is 0.267 e. The van der Waals surface area contributed by atoms with Crippen LogP contribution in [0.15, 0.2) is 35.1 Å². The minimum atomic E-state index is -0.963. The van der Waals surface area contributed by atoms with Gasteiger partial charge in [-0.25, -0.2) is 8.78 Å². The van der Waals surface area contributed by atoms with Crippen molar-refractivity contribution in [3.8, 4) is 17.2 Å². The maximum Gasteiger partial charge on any atom is 0.267 e. The molecule has 0 atom stereocenters. The maximum atomic E-state index is 14.3. The Morgan fingerprint density at radius 3 is 2.69 bits per heavy atom. The van der Waals surface area contributed by atoms with Gasteiger partial charge in [-0.15, -0.1) is 0 Å². The van der Waals surface area contributed by atoms with Crippen molar-refractivity contribution in [1.82, 2.24) is 4.57 Å². The Morgan fingerprint density at radius 2 is 2.00 bits per heavy atom. The number of aryl methyl sites for hydroxylation is 1. The summed E-state index contributed by atoms with van der Waals surface area (Å²) in [6.45, 7) is 1.48. The van der Waals surface area contributed by atoms with Crippen LogP contribution in [0.3, 0.4) is 0 Å². The van der Waals surface area contributed by atoms with Crippen LogP contribution in [0.2, 0.25) is 0 Å². The van der Waals surface area contributed by atoms with Crippen LogP contribution < -0.4 is 19.9 Å². The van der Waals surface area contributed by atoms with Crippen LogP contribution in [-0.4, -0.2) is 28.9 Å². The minimum Gasteiger partial charge on any atom is -0.506 e. The monoisotopic (exact) mass is 402 g/mol. The lowest BCUT2D eigenvalue weighted by atomic mass is 10.1. The first kappa shape index (κ1) is 18.7. The van der Waals surface area contributed by atoms with Crippen LogP contribution >= 0.6 is 0 Å². The first-order valence-electron chi connectivity index (χ1n) is 8.76. The molecule has 29 heavy (non-hydrogen) atoms. The molecule has 0 spiro atoms. The predicted molar refractivity (Wildman–Crippen MR) is 101 cm³/mol. The van der Waals surface area contributed by atoms with Crippen LogP contribution in [0.1, 0.15) is 17.3 Å². The summed E-state index contributed by atoms with van der Waals surface area (Å²) in [5.41, 5.74) is -1.18. The van der Waals surface area contributed by atoms with E-state index in [0.29, 0.717) is 17.3 Å². The van der Waals surface area contributed by atoms with Gasteiger partial charge in [-0.05, 0) is 31.2 Å². The predicted octanol–water partition coefficient (Wildman–Crippen LogP) is 2.92. The number of halogens is 2. The number of anilines is 1. The van der Waals surface area contributed by atoms with Gasteiger partial charge in [0.2, 0.25) is 6.79 Å². The zero-order valence-corrected chi connectivity index (χ0v) is 15.5. The standard InChI is InChI=1S/C20H16F2N2O5/c1-3-24(12-5-4-10(21)8-11(12)22)20(27)16-17(25)15-13(23(2)19(16)26)6-7-14-18(15)29-9-28-14/h4-8,25H,3,9H2,1-2H3. The number of aromatic hydroxyl groups is 1. The first-order chi connectivity index (χ1) is 13.8. The molecule has 1 amide bonds. The average Bonchev–Trinajstić information content (AvgIpc) is 3.16. The van der Waals surface area contributed by atoms with Crippen molar-refractivity contribution >= 4 is 22.5 Å². The van der Waals surface area contributed by atoms with E-state index >= 15 is 0 Å². The van der Waals surface area contributed by atoms with Gasteiger partial charge in [-0.2, -0.15) is 0 Å². The highest BCUT2D eigenvalue weighted by Crippen LogP contribution is 2.43. The van der Waals surface area contributed by atoms with Crippen LogP contribution in [0, 0.1) is 11.6 Å². The Bertz CT molecular complexity index is 1220. The average molecular weight is 402 g/mol. The SMILES string of the molecule is CCN(C(=O)c1c(O)c2c3c(ccc2n(C)c1=O)OCO3)c1ccc(F)cc1F. The lowest BCUT2D eigenvalue weighted by Crippen LogP contribution is -2.37. The van der Waals surface area contributed by atoms with Crippen molar-refractivity contribution in [2.75, 3.05) is 18.2 Å². The van der Waals surface area contributed by atoms with E-state index in [-0.39, 0.29) is 30.2 Å². The summed E-state index contributed by atoms with van der Waals surface area (Å²) in [6.07, 6.45) is 0. The van der Waals surface area contributed by atoms with Crippen LogP contribution in [-0.2, 0) is 7.05 Å². The van der Waals surface area contributed by atoms with E-state index in [1.54, 1.807) is 19.1 Å². The minimum absolute atomic E-state index is 0.0193. The summed E-state index contributed by atoms with van der Waals surface area (Å²) in [5.74, 6) is -2.70. The molecule has 0 saturated heterocycles. The lowest BCUT2D eigenvalue weighted by Gasteiger charge is -2.22. The topological polar surface area (TPSA) is 81.0 Å². The van der Waals surface area contributed by atoms with E-state index in [1.807, 2.05) is 0 Å². The molecule has 0 unspecified atom stereocenters. The number of hydrogen-bond acceptors (Lipinski definition) is 5. The molecule has 0 fully saturated rings. The van der Waals surface area contributed by atoms with E-state index in [4.69, 9.17) is 9.47 Å². The number of aromatic nitrogens is 1. The molecule has 9 heteroatoms. The second kappa shape index (κ2) is 6.77. The van der Waals surface area contributed by atoms with Gasteiger partial charge in [-0.3, -0.25) is 9.59 Å².